The molecule has 0 radical (unpaired) electrons. The van der Waals surface area contributed by atoms with Gasteiger partial charge in [-0.2, -0.15) is 0 Å². The number of carbonyl (C=O) groups is 1. The average Bonchev–Trinajstić information content (AvgIpc) is 2.47. The number of unbranched alkanes of at least 4 members (excludes halogenated alkanes) is 9. The molecular weight excluding hydrogens is 252 g/mol. The van der Waals surface area contributed by atoms with Crippen molar-refractivity contribution in [1.82, 2.24) is 0 Å². The largest absolute Gasteiger partial charge is 0.469 e. The minimum atomic E-state index is -0.0872. The lowest BCUT2D eigenvalue weighted by Gasteiger charge is -2.01. The van der Waals surface area contributed by atoms with Crippen molar-refractivity contribution in [3.63, 3.8) is 0 Å². The van der Waals surface area contributed by atoms with Gasteiger partial charge in [0, 0.05) is 13.0 Å². The van der Waals surface area contributed by atoms with Crippen LogP contribution in [0.15, 0.2) is 12.2 Å². The number of ether oxygens (including phenoxy) is 1. The molecule has 0 heterocycles. The predicted molar refractivity (Wildman–Crippen MR) is 83.6 cm³/mol. The molecule has 0 spiro atoms. The fourth-order valence-electron chi connectivity index (χ4n) is 2.13. The Bertz CT molecular complexity index is 236. The quantitative estimate of drug-likeness (QED) is 0.292. The van der Waals surface area contributed by atoms with Crippen LogP contribution in [0.25, 0.3) is 0 Å². The summed E-state index contributed by atoms with van der Waals surface area (Å²) in [6.07, 6.45) is 17.9. The molecule has 3 nitrogen and oxygen atoms in total. The second kappa shape index (κ2) is 16.2. The number of rotatable bonds is 14. The number of hydrogen-bond donors (Lipinski definition) is 1. The van der Waals surface area contributed by atoms with Gasteiger partial charge in [0.25, 0.3) is 0 Å². The van der Waals surface area contributed by atoms with Crippen LogP contribution in [0.1, 0.15) is 77.0 Å². The van der Waals surface area contributed by atoms with Crippen LogP contribution in [0, 0.1) is 0 Å². The first kappa shape index (κ1) is 19.2. The summed E-state index contributed by atoms with van der Waals surface area (Å²) in [6, 6.07) is 0. The van der Waals surface area contributed by atoms with Crippen LogP contribution in [-0.2, 0) is 9.53 Å². The molecule has 3 heteroatoms. The van der Waals surface area contributed by atoms with Crippen LogP contribution in [0.3, 0.4) is 0 Å². The van der Waals surface area contributed by atoms with Crippen LogP contribution >= 0.6 is 0 Å². The van der Waals surface area contributed by atoms with Crippen molar-refractivity contribution >= 4 is 5.97 Å². The Hall–Kier alpha value is -0.830. The molecule has 0 aromatic heterocycles. The number of esters is 1. The predicted octanol–water partition coefficient (Wildman–Crippen LogP) is 4.39. The van der Waals surface area contributed by atoms with Crippen LogP contribution in [-0.4, -0.2) is 24.8 Å². The highest BCUT2D eigenvalue weighted by atomic mass is 16.5. The Morgan fingerprint density at radius 2 is 1.35 bits per heavy atom. The van der Waals surface area contributed by atoms with Crippen molar-refractivity contribution in [1.29, 1.82) is 0 Å². The normalized spacial score (nSPS) is 11.1. The third-order valence-electron chi connectivity index (χ3n) is 3.42. The highest BCUT2D eigenvalue weighted by molar-refractivity contribution is 5.68. The Labute approximate surface area is 124 Å². The first-order valence-corrected chi connectivity index (χ1v) is 8.14. The fraction of sp³-hybridized carbons (Fsp3) is 0.824. The second-order valence-corrected chi connectivity index (χ2v) is 5.28. The number of carbonyl (C=O) groups excluding carboxylic acids is 1. The molecule has 0 aliphatic heterocycles. The highest BCUT2D eigenvalue weighted by Crippen LogP contribution is 2.10. The standard InChI is InChI=1S/C17H32O3/c1-20-17(19)15-13-11-9-7-5-3-2-4-6-8-10-12-14-16-18/h6,8,18H,2-5,7,9-16H2,1H3/b8-6+. The lowest BCUT2D eigenvalue weighted by Crippen LogP contribution is -1.99. The van der Waals surface area contributed by atoms with E-state index in [1.165, 1.54) is 45.6 Å². The van der Waals surface area contributed by atoms with Crippen molar-refractivity contribution in [2.45, 2.75) is 77.0 Å². The molecule has 0 fully saturated rings. The maximum absolute atomic E-state index is 10.9. The van der Waals surface area contributed by atoms with Gasteiger partial charge >= 0.3 is 5.97 Å². The first-order chi connectivity index (χ1) is 9.81. The SMILES string of the molecule is COC(=O)CCCCCCCCC/C=C/CCCCO. The van der Waals surface area contributed by atoms with Crippen LogP contribution in [0.2, 0.25) is 0 Å². The van der Waals surface area contributed by atoms with E-state index in [1.54, 1.807) is 0 Å². The van der Waals surface area contributed by atoms with E-state index >= 15 is 0 Å². The molecule has 0 unspecified atom stereocenters. The maximum Gasteiger partial charge on any atom is 0.305 e. The molecule has 0 bridgehead atoms. The molecule has 0 aromatic carbocycles. The maximum atomic E-state index is 10.9. The van der Waals surface area contributed by atoms with Crippen molar-refractivity contribution in [2.24, 2.45) is 0 Å². The zero-order valence-electron chi connectivity index (χ0n) is 13.1. The van der Waals surface area contributed by atoms with Crippen LogP contribution < -0.4 is 0 Å². The Morgan fingerprint density at radius 3 is 1.90 bits per heavy atom. The summed E-state index contributed by atoms with van der Waals surface area (Å²) in [4.78, 5) is 10.9. The number of aliphatic hydroxyl groups is 1. The monoisotopic (exact) mass is 284 g/mol. The molecule has 0 aliphatic rings. The van der Waals surface area contributed by atoms with Crippen molar-refractivity contribution in [3.8, 4) is 0 Å². The minimum absolute atomic E-state index is 0.0872. The molecule has 20 heavy (non-hydrogen) atoms. The van der Waals surface area contributed by atoms with Gasteiger partial charge in [0.05, 0.1) is 7.11 Å². The van der Waals surface area contributed by atoms with Gasteiger partial charge in [-0.15, -0.1) is 0 Å². The van der Waals surface area contributed by atoms with E-state index < -0.39 is 0 Å². The van der Waals surface area contributed by atoms with Crippen molar-refractivity contribution in [2.75, 3.05) is 13.7 Å². The smallest absolute Gasteiger partial charge is 0.305 e. The van der Waals surface area contributed by atoms with Crippen LogP contribution in [0.4, 0.5) is 0 Å². The molecule has 118 valence electrons. The van der Waals surface area contributed by atoms with E-state index in [1.807, 2.05) is 0 Å². The summed E-state index contributed by atoms with van der Waals surface area (Å²) in [5.74, 6) is -0.0872. The molecule has 0 amide bonds. The first-order valence-electron chi connectivity index (χ1n) is 8.14. The lowest BCUT2D eigenvalue weighted by molar-refractivity contribution is -0.140. The summed E-state index contributed by atoms with van der Waals surface area (Å²) < 4.78 is 4.61. The third-order valence-corrected chi connectivity index (χ3v) is 3.42. The lowest BCUT2D eigenvalue weighted by atomic mass is 10.1. The van der Waals surface area contributed by atoms with Gasteiger partial charge in [-0.1, -0.05) is 44.3 Å². The topological polar surface area (TPSA) is 46.5 Å². The summed E-state index contributed by atoms with van der Waals surface area (Å²) in [5, 5.41) is 8.64. The minimum Gasteiger partial charge on any atom is -0.469 e. The Morgan fingerprint density at radius 1 is 0.850 bits per heavy atom. The number of methoxy groups -OCH3 is 1. The number of hydrogen-bond acceptors (Lipinski definition) is 3. The second-order valence-electron chi connectivity index (χ2n) is 5.28. The van der Waals surface area contributed by atoms with Gasteiger partial charge in [-0.3, -0.25) is 4.79 Å². The zero-order chi connectivity index (χ0) is 14.9. The molecule has 0 aliphatic carbocycles. The summed E-state index contributed by atoms with van der Waals surface area (Å²) >= 11 is 0. The molecule has 0 rings (SSSR count). The molecule has 1 N–H and O–H groups in total. The van der Waals surface area contributed by atoms with Gasteiger partial charge in [-0.25, -0.2) is 0 Å². The highest BCUT2D eigenvalue weighted by Gasteiger charge is 1.98. The fourth-order valence-corrected chi connectivity index (χ4v) is 2.13. The molecule has 0 atom stereocenters. The van der Waals surface area contributed by atoms with E-state index in [9.17, 15) is 4.79 Å². The van der Waals surface area contributed by atoms with E-state index in [0.29, 0.717) is 13.0 Å². The Balaban J connectivity index is 3.07. The van der Waals surface area contributed by atoms with E-state index in [-0.39, 0.29) is 5.97 Å². The third kappa shape index (κ3) is 15.2. The summed E-state index contributed by atoms with van der Waals surface area (Å²) in [5.41, 5.74) is 0. The summed E-state index contributed by atoms with van der Waals surface area (Å²) in [6.45, 7) is 0.313. The summed E-state index contributed by atoms with van der Waals surface area (Å²) in [7, 11) is 1.45. The van der Waals surface area contributed by atoms with Gasteiger partial charge in [0.15, 0.2) is 0 Å². The zero-order valence-corrected chi connectivity index (χ0v) is 13.1. The van der Waals surface area contributed by atoms with Gasteiger partial charge in [0.2, 0.25) is 0 Å². The van der Waals surface area contributed by atoms with E-state index in [2.05, 4.69) is 16.9 Å². The van der Waals surface area contributed by atoms with Gasteiger partial charge < -0.3 is 9.84 Å². The molecule has 0 aromatic rings. The van der Waals surface area contributed by atoms with Crippen LogP contribution in [0.5, 0.6) is 0 Å². The average molecular weight is 284 g/mol. The van der Waals surface area contributed by atoms with Gasteiger partial charge in [-0.05, 0) is 38.5 Å². The molecular formula is C17H32O3. The Kier molecular flexibility index (Phi) is 15.6. The van der Waals surface area contributed by atoms with Crippen molar-refractivity contribution in [3.05, 3.63) is 12.2 Å². The van der Waals surface area contributed by atoms with Gasteiger partial charge in [0.1, 0.15) is 0 Å². The number of allylic oxidation sites excluding steroid dienone is 2. The van der Waals surface area contributed by atoms with E-state index in [0.717, 1.165) is 32.1 Å². The molecule has 0 saturated carbocycles. The van der Waals surface area contributed by atoms with Crippen molar-refractivity contribution < 1.29 is 14.6 Å². The number of aliphatic hydroxyl groups excluding tert-OH is 1. The molecule has 0 saturated heterocycles. The van der Waals surface area contributed by atoms with E-state index in [4.69, 9.17) is 5.11 Å².